The van der Waals surface area contributed by atoms with Gasteiger partial charge in [-0.3, -0.25) is 9.69 Å². The van der Waals surface area contributed by atoms with E-state index in [1.54, 1.807) is 30.2 Å². The van der Waals surface area contributed by atoms with Crippen LogP contribution in [0.2, 0.25) is 0 Å². The number of carbonyl (C=O) groups excluding carboxylic acids is 1. The molecule has 0 radical (unpaired) electrons. The van der Waals surface area contributed by atoms with E-state index < -0.39 is 9.84 Å². The fraction of sp³-hybridized carbons (Fsp3) is 0.250. The van der Waals surface area contributed by atoms with Crippen molar-refractivity contribution in [3.05, 3.63) is 60.2 Å². The largest absolute Gasteiger partial charge is 0.496 e. The second-order valence-corrected chi connectivity index (χ2v) is 11.1. The minimum atomic E-state index is -3.34. The number of amides is 1. The van der Waals surface area contributed by atoms with Crippen molar-refractivity contribution < 1.29 is 17.9 Å². The van der Waals surface area contributed by atoms with Gasteiger partial charge < -0.3 is 9.64 Å². The summed E-state index contributed by atoms with van der Waals surface area (Å²) in [5.74, 6) is 0.274. The number of aromatic nitrogens is 1. The lowest BCUT2D eigenvalue weighted by Gasteiger charge is -2.23. The summed E-state index contributed by atoms with van der Waals surface area (Å²) in [5, 5.41) is 2.44. The van der Waals surface area contributed by atoms with Gasteiger partial charge in [0, 0.05) is 19.3 Å². The first kappa shape index (κ1) is 23.2. The highest BCUT2D eigenvalue weighted by Crippen LogP contribution is 2.33. The van der Waals surface area contributed by atoms with Crippen LogP contribution in [-0.4, -0.2) is 64.8 Å². The Morgan fingerprint density at radius 3 is 2.36 bits per heavy atom. The van der Waals surface area contributed by atoms with Gasteiger partial charge in [0.15, 0.2) is 15.0 Å². The Kier molecular flexibility index (Phi) is 6.38. The first-order valence-electron chi connectivity index (χ1n) is 10.3. The van der Waals surface area contributed by atoms with Gasteiger partial charge in [-0.05, 0) is 55.2 Å². The molecule has 1 heterocycles. The van der Waals surface area contributed by atoms with Crippen molar-refractivity contribution in [3.8, 4) is 5.75 Å². The molecule has 3 aromatic carbocycles. The average Bonchev–Trinajstić information content (AvgIpc) is 3.20. The highest BCUT2D eigenvalue weighted by molar-refractivity contribution is 7.90. The quantitative estimate of drug-likeness (QED) is 0.394. The van der Waals surface area contributed by atoms with E-state index >= 15 is 0 Å². The van der Waals surface area contributed by atoms with Crippen LogP contribution in [0.25, 0.3) is 21.0 Å². The molecule has 0 spiro atoms. The molecule has 0 atom stereocenters. The zero-order valence-corrected chi connectivity index (χ0v) is 20.5. The lowest BCUT2D eigenvalue weighted by atomic mass is 10.0. The number of benzene rings is 3. The molecule has 172 valence electrons. The predicted octanol–water partition coefficient (Wildman–Crippen LogP) is 4.07. The molecule has 0 fully saturated rings. The second kappa shape index (κ2) is 9.09. The number of methoxy groups -OCH3 is 1. The maximum Gasteiger partial charge on any atom is 0.263 e. The van der Waals surface area contributed by atoms with Gasteiger partial charge in [0.05, 0.1) is 27.8 Å². The van der Waals surface area contributed by atoms with E-state index in [0.29, 0.717) is 39.8 Å². The van der Waals surface area contributed by atoms with Gasteiger partial charge in [0.2, 0.25) is 0 Å². The number of hydrogen-bond acceptors (Lipinski definition) is 7. The highest BCUT2D eigenvalue weighted by Gasteiger charge is 2.25. The van der Waals surface area contributed by atoms with E-state index in [0.717, 1.165) is 10.8 Å². The summed E-state index contributed by atoms with van der Waals surface area (Å²) in [6, 6.07) is 16.3. The molecule has 1 aromatic heterocycles. The Hall–Kier alpha value is -3.01. The molecular weight excluding hydrogens is 458 g/mol. The van der Waals surface area contributed by atoms with E-state index in [1.807, 2.05) is 55.4 Å². The number of anilines is 1. The lowest BCUT2D eigenvalue weighted by Crippen LogP contribution is -2.37. The molecule has 4 rings (SSSR count). The van der Waals surface area contributed by atoms with E-state index in [1.165, 1.54) is 17.6 Å². The monoisotopic (exact) mass is 483 g/mol. The van der Waals surface area contributed by atoms with E-state index in [-0.39, 0.29) is 10.8 Å². The fourth-order valence-electron chi connectivity index (χ4n) is 3.52. The van der Waals surface area contributed by atoms with Crippen molar-refractivity contribution in [1.82, 2.24) is 9.88 Å². The number of rotatable bonds is 7. The SMILES string of the molecule is COc1cc2ccccc2cc1C(=O)N(CCN(C)C)c1nc2ccc(S(C)(=O)=O)cc2s1. The van der Waals surface area contributed by atoms with Crippen molar-refractivity contribution >= 4 is 53.2 Å². The minimum Gasteiger partial charge on any atom is -0.496 e. The summed E-state index contributed by atoms with van der Waals surface area (Å²) in [7, 11) is 2.09. The smallest absolute Gasteiger partial charge is 0.263 e. The minimum absolute atomic E-state index is 0.221. The van der Waals surface area contributed by atoms with Gasteiger partial charge in [-0.1, -0.05) is 35.6 Å². The van der Waals surface area contributed by atoms with Gasteiger partial charge >= 0.3 is 0 Å². The van der Waals surface area contributed by atoms with Crippen LogP contribution in [0, 0.1) is 0 Å². The topological polar surface area (TPSA) is 79.8 Å². The van der Waals surface area contributed by atoms with Crippen LogP contribution in [0.5, 0.6) is 5.75 Å². The molecule has 1 amide bonds. The second-order valence-electron chi connectivity index (χ2n) is 8.06. The Labute approximate surface area is 197 Å². The number of sulfone groups is 1. The molecule has 0 aliphatic carbocycles. The molecule has 0 N–H and O–H groups in total. The van der Waals surface area contributed by atoms with Crippen molar-refractivity contribution in [2.45, 2.75) is 4.90 Å². The number of carbonyl (C=O) groups is 1. The third kappa shape index (κ3) is 4.85. The summed E-state index contributed by atoms with van der Waals surface area (Å²) < 4.78 is 30.2. The van der Waals surface area contributed by atoms with E-state index in [4.69, 9.17) is 4.74 Å². The van der Waals surface area contributed by atoms with Gasteiger partial charge in [0.25, 0.3) is 5.91 Å². The Morgan fingerprint density at radius 2 is 1.73 bits per heavy atom. The van der Waals surface area contributed by atoms with Crippen LogP contribution < -0.4 is 9.64 Å². The fourth-order valence-corrected chi connectivity index (χ4v) is 5.27. The van der Waals surface area contributed by atoms with E-state index in [9.17, 15) is 13.2 Å². The maximum atomic E-state index is 13.8. The van der Waals surface area contributed by atoms with Crippen LogP contribution in [0.15, 0.2) is 59.5 Å². The molecule has 0 aliphatic rings. The van der Waals surface area contributed by atoms with Gasteiger partial charge in [-0.15, -0.1) is 0 Å². The maximum absolute atomic E-state index is 13.8. The Balaban J connectivity index is 1.81. The summed E-state index contributed by atoms with van der Waals surface area (Å²) in [6.45, 7) is 1.05. The van der Waals surface area contributed by atoms with Gasteiger partial charge in [-0.25, -0.2) is 13.4 Å². The third-order valence-corrected chi connectivity index (χ3v) is 7.47. The zero-order chi connectivity index (χ0) is 23.8. The van der Waals surface area contributed by atoms with Crippen LogP contribution in [-0.2, 0) is 9.84 Å². The van der Waals surface area contributed by atoms with Crippen LogP contribution >= 0.6 is 11.3 Å². The molecule has 0 bridgehead atoms. The zero-order valence-electron chi connectivity index (χ0n) is 18.9. The van der Waals surface area contributed by atoms with Crippen molar-refractivity contribution in [3.63, 3.8) is 0 Å². The summed E-state index contributed by atoms with van der Waals surface area (Å²) in [4.78, 5) is 22.3. The van der Waals surface area contributed by atoms with Crippen LogP contribution in [0.4, 0.5) is 5.13 Å². The number of nitrogens with zero attached hydrogens (tertiary/aromatic N) is 3. The lowest BCUT2D eigenvalue weighted by molar-refractivity contribution is 0.0982. The van der Waals surface area contributed by atoms with Crippen LogP contribution in [0.3, 0.4) is 0 Å². The summed E-state index contributed by atoms with van der Waals surface area (Å²) in [5.41, 5.74) is 1.10. The number of likely N-dealkylation sites (N-methyl/N-ethyl adjacent to an activating group) is 1. The normalized spacial score (nSPS) is 11.9. The summed E-state index contributed by atoms with van der Waals surface area (Å²) in [6.07, 6.45) is 1.18. The first-order chi connectivity index (χ1) is 15.7. The molecular formula is C24H25N3O4S2. The third-order valence-electron chi connectivity index (χ3n) is 5.32. The molecule has 7 nitrogen and oxygen atoms in total. The van der Waals surface area contributed by atoms with Crippen molar-refractivity contribution in [1.29, 1.82) is 0 Å². The molecule has 33 heavy (non-hydrogen) atoms. The molecule has 0 unspecified atom stereocenters. The van der Waals surface area contributed by atoms with Crippen molar-refractivity contribution in [2.24, 2.45) is 0 Å². The standard InChI is InChI=1S/C24H25N3O4S2/c1-26(2)11-12-27(24-25-20-10-9-18(33(4,29)30)15-22(20)32-24)23(28)19-13-16-7-5-6-8-17(16)14-21(19)31-3/h5-10,13-15H,11-12H2,1-4H3. The molecule has 0 saturated heterocycles. The number of fused-ring (bicyclic) bond motifs is 2. The number of ether oxygens (including phenoxy) is 1. The van der Waals surface area contributed by atoms with Gasteiger partial charge in [-0.2, -0.15) is 0 Å². The number of hydrogen-bond donors (Lipinski definition) is 0. The number of thiazole rings is 1. The van der Waals surface area contributed by atoms with Crippen molar-refractivity contribution in [2.75, 3.05) is 45.5 Å². The van der Waals surface area contributed by atoms with E-state index in [2.05, 4.69) is 4.98 Å². The average molecular weight is 484 g/mol. The van der Waals surface area contributed by atoms with Crippen LogP contribution in [0.1, 0.15) is 10.4 Å². The molecule has 9 heteroatoms. The molecule has 0 saturated carbocycles. The Bertz CT molecular complexity index is 1440. The summed E-state index contributed by atoms with van der Waals surface area (Å²) >= 11 is 1.30. The molecule has 4 aromatic rings. The Morgan fingerprint density at radius 1 is 1.03 bits per heavy atom. The first-order valence-corrected chi connectivity index (χ1v) is 13.0. The molecule has 0 aliphatic heterocycles. The highest BCUT2D eigenvalue weighted by atomic mass is 32.2. The predicted molar refractivity (Wildman–Crippen MR) is 133 cm³/mol. The van der Waals surface area contributed by atoms with Gasteiger partial charge in [0.1, 0.15) is 5.75 Å².